The summed E-state index contributed by atoms with van der Waals surface area (Å²) >= 11 is 0. The molecule has 2 aliphatic carbocycles. The number of nitrogens with two attached hydrogens (primary N) is 1. The second-order valence-corrected chi connectivity index (χ2v) is 13.4. The normalized spacial score (nSPS) is 27.1. The Balaban J connectivity index is 1.46. The molecule has 43 heavy (non-hydrogen) atoms. The van der Waals surface area contributed by atoms with Crippen molar-refractivity contribution in [3.8, 4) is 0 Å². The topological polar surface area (TPSA) is 116 Å². The minimum Gasteiger partial charge on any atom is -0.358 e. The van der Waals surface area contributed by atoms with Crippen LogP contribution in [0.2, 0.25) is 0 Å². The van der Waals surface area contributed by atoms with Crippen molar-refractivity contribution in [1.29, 1.82) is 0 Å². The summed E-state index contributed by atoms with van der Waals surface area (Å²) in [6.45, 7) is 8.12. The fraction of sp³-hybridized carbons (Fsp3) is 0.677. The van der Waals surface area contributed by atoms with E-state index >= 15 is 0 Å². The van der Waals surface area contributed by atoms with E-state index in [0.717, 1.165) is 63.5 Å². The molecule has 1 aliphatic heterocycles. The van der Waals surface area contributed by atoms with Crippen molar-refractivity contribution < 1.29 is 22.8 Å². The van der Waals surface area contributed by atoms with Crippen LogP contribution in [0, 0.1) is 0 Å². The van der Waals surface area contributed by atoms with Crippen molar-refractivity contribution in [3.05, 3.63) is 29.6 Å². The van der Waals surface area contributed by atoms with Gasteiger partial charge in [-0.05, 0) is 83.9 Å². The lowest BCUT2D eigenvalue weighted by molar-refractivity contribution is -0.166. The summed E-state index contributed by atoms with van der Waals surface area (Å²) < 4.78 is 41.1. The summed E-state index contributed by atoms with van der Waals surface area (Å²) in [5.41, 5.74) is 5.31. The second-order valence-electron chi connectivity index (χ2n) is 13.4. The summed E-state index contributed by atoms with van der Waals surface area (Å²) in [5, 5.41) is 10.5. The number of aromatic nitrogens is 2. The largest absolute Gasteiger partial charge is 0.416 e. The zero-order valence-corrected chi connectivity index (χ0v) is 25.5. The molecule has 236 valence electrons. The first-order valence-corrected chi connectivity index (χ1v) is 15.5. The van der Waals surface area contributed by atoms with Gasteiger partial charge in [-0.1, -0.05) is 12.8 Å². The number of hydrogen-bond acceptors (Lipinski definition) is 7. The number of benzene rings is 1. The molecule has 1 aromatic carbocycles. The van der Waals surface area contributed by atoms with Crippen LogP contribution < -0.4 is 16.4 Å². The fourth-order valence-electron chi connectivity index (χ4n) is 7.04. The molecule has 9 nitrogen and oxygen atoms in total. The third-order valence-electron chi connectivity index (χ3n) is 9.05. The Morgan fingerprint density at radius 2 is 1.72 bits per heavy atom. The molecule has 2 unspecified atom stereocenters. The molecule has 2 aromatic rings. The molecule has 3 atom stereocenters. The van der Waals surface area contributed by atoms with Crippen LogP contribution in [0.25, 0.3) is 10.9 Å². The smallest absolute Gasteiger partial charge is 0.358 e. The van der Waals surface area contributed by atoms with Gasteiger partial charge in [0.05, 0.1) is 17.1 Å². The highest BCUT2D eigenvalue weighted by Crippen LogP contribution is 2.37. The summed E-state index contributed by atoms with van der Waals surface area (Å²) in [5.74, 6) is 0.614. The van der Waals surface area contributed by atoms with Gasteiger partial charge in [-0.15, -0.1) is 0 Å². The molecule has 1 aromatic heterocycles. The van der Waals surface area contributed by atoms with Crippen LogP contribution in [0.1, 0.15) is 103 Å². The van der Waals surface area contributed by atoms with E-state index in [0.29, 0.717) is 24.3 Å². The quantitative estimate of drug-likeness (QED) is 0.420. The van der Waals surface area contributed by atoms with E-state index in [4.69, 9.17) is 10.7 Å². The van der Waals surface area contributed by atoms with Gasteiger partial charge >= 0.3 is 6.18 Å². The third kappa shape index (κ3) is 6.90. The SMILES string of the molecule is CC(=O)NC1CCCCC1N(N1CC[C@H](Nc2nc(C3CCC(N)CC3)nc3ccc(C(F)(F)F)cc23)C1=O)C(C)(C)C. The van der Waals surface area contributed by atoms with Crippen molar-refractivity contribution in [2.24, 2.45) is 5.73 Å². The molecule has 0 spiro atoms. The van der Waals surface area contributed by atoms with E-state index in [2.05, 4.69) is 41.4 Å². The maximum Gasteiger partial charge on any atom is 0.416 e. The third-order valence-corrected chi connectivity index (χ3v) is 9.05. The zero-order chi connectivity index (χ0) is 31.1. The van der Waals surface area contributed by atoms with Crippen LogP contribution in [-0.4, -0.2) is 68.1 Å². The van der Waals surface area contributed by atoms with E-state index in [-0.39, 0.29) is 47.1 Å². The number of nitrogens with one attached hydrogen (secondary N) is 2. The minimum absolute atomic E-state index is 0.0520. The molecular weight excluding hydrogens is 559 g/mol. The van der Waals surface area contributed by atoms with Crippen LogP contribution in [0.15, 0.2) is 18.2 Å². The lowest BCUT2D eigenvalue weighted by Crippen LogP contribution is -2.65. The lowest BCUT2D eigenvalue weighted by Gasteiger charge is -2.50. The Bertz CT molecular complexity index is 1340. The Morgan fingerprint density at radius 3 is 2.37 bits per heavy atom. The van der Waals surface area contributed by atoms with E-state index in [9.17, 15) is 22.8 Å². The van der Waals surface area contributed by atoms with E-state index < -0.39 is 23.3 Å². The highest BCUT2D eigenvalue weighted by Gasteiger charge is 2.45. The first kappa shape index (κ1) is 31.4. The number of alkyl halides is 3. The number of hydrazine groups is 1. The summed E-state index contributed by atoms with van der Waals surface area (Å²) in [6.07, 6.45) is 2.90. The van der Waals surface area contributed by atoms with Gasteiger partial charge in [0.2, 0.25) is 5.91 Å². The molecule has 5 rings (SSSR count). The van der Waals surface area contributed by atoms with Crippen LogP contribution in [0.5, 0.6) is 0 Å². The Kier molecular flexibility index (Phi) is 8.91. The highest BCUT2D eigenvalue weighted by atomic mass is 19.4. The molecular formula is C31H44F3N7O2. The number of nitrogens with zero attached hydrogens (tertiary/aromatic N) is 4. The maximum atomic E-state index is 14.1. The highest BCUT2D eigenvalue weighted by molar-refractivity contribution is 5.93. The molecule has 2 amide bonds. The molecule has 3 fully saturated rings. The van der Waals surface area contributed by atoms with Crippen molar-refractivity contribution in [3.63, 3.8) is 0 Å². The zero-order valence-electron chi connectivity index (χ0n) is 25.5. The summed E-state index contributed by atoms with van der Waals surface area (Å²) in [7, 11) is 0. The molecule has 2 heterocycles. The Hall–Kier alpha value is -2.99. The number of halogens is 3. The maximum absolute atomic E-state index is 14.1. The number of carbonyl (C=O) groups is 2. The first-order chi connectivity index (χ1) is 20.2. The molecule has 12 heteroatoms. The number of amides is 2. The predicted molar refractivity (Wildman–Crippen MR) is 159 cm³/mol. The van der Waals surface area contributed by atoms with Crippen LogP contribution >= 0.6 is 0 Å². The van der Waals surface area contributed by atoms with E-state index in [1.807, 2.05) is 0 Å². The monoisotopic (exact) mass is 603 g/mol. The number of fused-ring (bicyclic) bond motifs is 1. The van der Waals surface area contributed by atoms with Crippen molar-refractivity contribution in [1.82, 2.24) is 25.3 Å². The number of anilines is 1. The van der Waals surface area contributed by atoms with Gasteiger partial charge in [-0.25, -0.2) is 15.0 Å². The number of rotatable bonds is 6. The number of carbonyl (C=O) groups excluding carboxylic acids is 2. The van der Waals surface area contributed by atoms with Crippen LogP contribution in [-0.2, 0) is 15.8 Å². The Labute approximate surface area is 251 Å². The molecule has 0 bridgehead atoms. The molecule has 1 saturated heterocycles. The average Bonchev–Trinajstić information content (AvgIpc) is 3.27. The average molecular weight is 604 g/mol. The standard InChI is InChI=1S/C31H44F3N7O2/c1-18(42)36-24-7-5-6-8-26(24)41(30(2,3)4)40-16-15-25(29(40)43)38-28-22-17-20(31(32,33)34)11-14-23(22)37-27(39-28)19-9-12-21(35)13-10-19/h11,14,17,19,21,24-26H,5-10,12-13,15-16,35H2,1-4H3,(H,36,42)(H,37,38,39)/t19?,21?,24?,25-,26?/m0/s1. The van der Waals surface area contributed by atoms with Crippen LogP contribution in [0.4, 0.5) is 19.0 Å². The van der Waals surface area contributed by atoms with Gasteiger partial charge < -0.3 is 16.4 Å². The first-order valence-electron chi connectivity index (χ1n) is 15.5. The van der Waals surface area contributed by atoms with Crippen molar-refractivity contribution in [2.75, 3.05) is 11.9 Å². The van der Waals surface area contributed by atoms with Gasteiger partial charge in [0.15, 0.2) is 0 Å². The minimum atomic E-state index is -4.53. The van der Waals surface area contributed by atoms with E-state index in [1.54, 1.807) is 5.01 Å². The van der Waals surface area contributed by atoms with Gasteiger partial charge in [0, 0.05) is 42.4 Å². The summed E-state index contributed by atoms with van der Waals surface area (Å²) in [4.78, 5) is 35.5. The van der Waals surface area contributed by atoms with Crippen LogP contribution in [0.3, 0.4) is 0 Å². The van der Waals surface area contributed by atoms with Gasteiger partial charge in [0.25, 0.3) is 5.91 Å². The molecule has 2 saturated carbocycles. The Morgan fingerprint density at radius 1 is 1.02 bits per heavy atom. The molecule has 4 N–H and O–H groups in total. The van der Waals surface area contributed by atoms with Gasteiger partial charge in [-0.2, -0.15) is 13.2 Å². The van der Waals surface area contributed by atoms with Gasteiger partial charge in [0.1, 0.15) is 17.7 Å². The lowest BCUT2D eigenvalue weighted by atomic mass is 9.86. The second kappa shape index (κ2) is 12.2. The van der Waals surface area contributed by atoms with Gasteiger partial charge in [-0.3, -0.25) is 14.6 Å². The molecule has 3 aliphatic rings. The van der Waals surface area contributed by atoms with E-state index in [1.165, 1.54) is 13.0 Å². The fourth-order valence-corrected chi connectivity index (χ4v) is 7.04. The summed E-state index contributed by atoms with van der Waals surface area (Å²) in [6, 6.07) is 2.81. The number of hydrogen-bond donors (Lipinski definition) is 3. The molecule has 0 radical (unpaired) electrons. The van der Waals surface area contributed by atoms with Crippen molar-refractivity contribution >= 4 is 28.5 Å². The van der Waals surface area contributed by atoms with Crippen molar-refractivity contribution in [2.45, 2.75) is 127 Å². The predicted octanol–water partition coefficient (Wildman–Crippen LogP) is 5.11.